The van der Waals surface area contributed by atoms with Crippen LogP contribution in [0.25, 0.3) is 0 Å². The number of morpholine rings is 1. The molecule has 0 atom stereocenters. The molecule has 0 unspecified atom stereocenters. The normalized spacial score (nSPS) is 14.7. The SMILES string of the molecule is COc1cc(OC)cc(C(=O)NC(=NCCN2CCOCC2)Nc2cc(Cl)ccc2C)c1. The lowest BCUT2D eigenvalue weighted by Gasteiger charge is -2.25. The molecule has 0 bridgehead atoms. The van der Waals surface area contributed by atoms with Crippen LogP contribution in [0.4, 0.5) is 5.69 Å². The first-order chi connectivity index (χ1) is 15.5. The molecule has 1 aliphatic heterocycles. The number of amides is 1. The number of methoxy groups -OCH3 is 2. The van der Waals surface area contributed by atoms with E-state index >= 15 is 0 Å². The first-order valence-electron chi connectivity index (χ1n) is 10.4. The maximum Gasteiger partial charge on any atom is 0.258 e. The molecule has 3 rings (SSSR count). The number of aliphatic imine (C=N–C) groups is 1. The molecule has 9 heteroatoms. The second-order valence-electron chi connectivity index (χ2n) is 7.32. The van der Waals surface area contributed by atoms with Crippen molar-refractivity contribution in [3.8, 4) is 11.5 Å². The van der Waals surface area contributed by atoms with Gasteiger partial charge in [0.15, 0.2) is 0 Å². The number of nitrogens with zero attached hydrogens (tertiary/aromatic N) is 2. The fraction of sp³-hybridized carbons (Fsp3) is 0.391. The molecule has 172 valence electrons. The minimum absolute atomic E-state index is 0.334. The molecule has 0 radical (unpaired) electrons. The third-order valence-corrected chi connectivity index (χ3v) is 5.32. The van der Waals surface area contributed by atoms with Crippen LogP contribution in [0.1, 0.15) is 15.9 Å². The summed E-state index contributed by atoms with van der Waals surface area (Å²) in [5, 5.41) is 6.68. The standard InChI is InChI=1S/C23H29ClN4O4/c1-16-4-5-18(24)14-21(16)26-23(25-6-7-28-8-10-32-11-9-28)27-22(29)17-12-19(30-2)15-20(13-17)31-3/h4-5,12-15H,6-11H2,1-3H3,(H2,25,26,27,29). The van der Waals surface area contributed by atoms with Gasteiger partial charge in [-0.3, -0.25) is 20.0 Å². The summed E-state index contributed by atoms with van der Waals surface area (Å²) >= 11 is 6.16. The van der Waals surface area contributed by atoms with Crippen LogP contribution in [-0.4, -0.2) is 70.4 Å². The van der Waals surface area contributed by atoms with E-state index in [0.29, 0.717) is 34.6 Å². The van der Waals surface area contributed by atoms with E-state index in [4.69, 9.17) is 25.8 Å². The molecule has 1 fully saturated rings. The quantitative estimate of drug-likeness (QED) is 0.487. The highest BCUT2D eigenvalue weighted by molar-refractivity contribution is 6.31. The van der Waals surface area contributed by atoms with Crippen molar-refractivity contribution >= 4 is 29.2 Å². The maximum atomic E-state index is 13.0. The van der Waals surface area contributed by atoms with E-state index in [1.807, 2.05) is 19.1 Å². The van der Waals surface area contributed by atoms with Crippen LogP contribution in [0.3, 0.4) is 0 Å². The predicted molar refractivity (Wildman–Crippen MR) is 126 cm³/mol. The van der Waals surface area contributed by atoms with Gasteiger partial charge < -0.3 is 19.5 Å². The van der Waals surface area contributed by atoms with Crippen molar-refractivity contribution in [3.05, 3.63) is 52.5 Å². The number of carbonyl (C=O) groups is 1. The number of anilines is 1. The first-order valence-corrected chi connectivity index (χ1v) is 10.8. The van der Waals surface area contributed by atoms with Crippen LogP contribution in [-0.2, 0) is 4.74 Å². The Kier molecular flexibility index (Phi) is 8.72. The lowest BCUT2D eigenvalue weighted by atomic mass is 10.2. The maximum absolute atomic E-state index is 13.0. The van der Waals surface area contributed by atoms with Gasteiger partial charge in [-0.25, -0.2) is 0 Å². The number of rotatable bonds is 7. The number of aryl methyl sites for hydroxylation is 1. The van der Waals surface area contributed by atoms with Crippen LogP contribution in [0.2, 0.25) is 5.02 Å². The molecule has 1 aliphatic rings. The van der Waals surface area contributed by atoms with Crippen LogP contribution in [0.15, 0.2) is 41.4 Å². The van der Waals surface area contributed by atoms with Gasteiger partial charge in [-0.1, -0.05) is 17.7 Å². The molecule has 1 heterocycles. The lowest BCUT2D eigenvalue weighted by Crippen LogP contribution is -2.39. The number of guanidine groups is 1. The molecular formula is C23H29ClN4O4. The fourth-order valence-corrected chi connectivity index (χ4v) is 3.39. The second-order valence-corrected chi connectivity index (χ2v) is 7.76. The summed E-state index contributed by atoms with van der Waals surface area (Å²) < 4.78 is 15.9. The molecule has 0 saturated carbocycles. The average molecular weight is 461 g/mol. The number of hydrogen-bond acceptors (Lipinski definition) is 6. The molecule has 1 saturated heterocycles. The Balaban J connectivity index is 1.78. The van der Waals surface area contributed by atoms with Crippen molar-refractivity contribution in [1.82, 2.24) is 10.2 Å². The fourth-order valence-electron chi connectivity index (χ4n) is 3.21. The van der Waals surface area contributed by atoms with E-state index < -0.39 is 0 Å². The van der Waals surface area contributed by atoms with Crippen molar-refractivity contribution in [2.45, 2.75) is 6.92 Å². The van der Waals surface area contributed by atoms with E-state index in [0.717, 1.165) is 44.1 Å². The molecule has 2 aromatic carbocycles. The summed E-state index contributed by atoms with van der Waals surface area (Å²) in [7, 11) is 3.08. The summed E-state index contributed by atoms with van der Waals surface area (Å²) in [6.07, 6.45) is 0. The third-order valence-electron chi connectivity index (χ3n) is 5.09. The summed E-state index contributed by atoms with van der Waals surface area (Å²) in [4.78, 5) is 19.9. The van der Waals surface area contributed by atoms with Crippen LogP contribution in [0.5, 0.6) is 11.5 Å². The third kappa shape index (κ3) is 6.85. The van der Waals surface area contributed by atoms with E-state index in [-0.39, 0.29) is 5.91 Å². The Hall–Kier alpha value is -2.81. The molecule has 0 aromatic heterocycles. The number of halogens is 1. The monoisotopic (exact) mass is 460 g/mol. The summed E-state index contributed by atoms with van der Waals surface area (Å²) in [6, 6.07) is 10.5. The van der Waals surface area contributed by atoms with Gasteiger partial charge in [0.2, 0.25) is 5.96 Å². The molecule has 0 spiro atoms. The van der Waals surface area contributed by atoms with Gasteiger partial charge in [-0.2, -0.15) is 0 Å². The van der Waals surface area contributed by atoms with Gasteiger partial charge in [0.05, 0.1) is 34.0 Å². The van der Waals surface area contributed by atoms with Crippen LogP contribution in [0, 0.1) is 6.92 Å². The van der Waals surface area contributed by atoms with Crippen molar-refractivity contribution in [1.29, 1.82) is 0 Å². The first kappa shape index (κ1) is 23.8. The molecule has 0 aliphatic carbocycles. The number of carbonyl (C=O) groups excluding carboxylic acids is 1. The van der Waals surface area contributed by atoms with Gasteiger partial charge in [0.1, 0.15) is 11.5 Å². The topological polar surface area (TPSA) is 84.4 Å². The zero-order chi connectivity index (χ0) is 22.9. The Morgan fingerprint density at radius 2 is 1.81 bits per heavy atom. The van der Waals surface area contributed by atoms with Crippen molar-refractivity contribution in [2.24, 2.45) is 4.99 Å². The number of ether oxygens (including phenoxy) is 3. The van der Waals surface area contributed by atoms with E-state index in [9.17, 15) is 4.79 Å². The molecule has 32 heavy (non-hydrogen) atoms. The van der Waals surface area contributed by atoms with Gasteiger partial charge in [0, 0.05) is 42.0 Å². The van der Waals surface area contributed by atoms with Crippen molar-refractivity contribution < 1.29 is 19.0 Å². The number of hydrogen-bond donors (Lipinski definition) is 2. The number of benzene rings is 2. The Labute approximate surface area is 193 Å². The van der Waals surface area contributed by atoms with Crippen LogP contribution >= 0.6 is 11.6 Å². The molecule has 2 aromatic rings. The van der Waals surface area contributed by atoms with Crippen molar-refractivity contribution in [2.75, 3.05) is 58.9 Å². The number of nitrogens with one attached hydrogen (secondary N) is 2. The zero-order valence-electron chi connectivity index (χ0n) is 18.6. The predicted octanol–water partition coefficient (Wildman–Crippen LogP) is 3.20. The smallest absolute Gasteiger partial charge is 0.258 e. The van der Waals surface area contributed by atoms with Crippen LogP contribution < -0.4 is 20.1 Å². The lowest BCUT2D eigenvalue weighted by molar-refractivity contribution is 0.0394. The Morgan fingerprint density at radius 1 is 1.12 bits per heavy atom. The summed E-state index contributed by atoms with van der Waals surface area (Å²) in [5.74, 6) is 1.06. The van der Waals surface area contributed by atoms with Gasteiger partial charge >= 0.3 is 0 Å². The highest BCUT2D eigenvalue weighted by atomic mass is 35.5. The summed E-state index contributed by atoms with van der Waals surface area (Å²) in [6.45, 7) is 6.45. The highest BCUT2D eigenvalue weighted by Gasteiger charge is 2.14. The zero-order valence-corrected chi connectivity index (χ0v) is 19.4. The highest BCUT2D eigenvalue weighted by Crippen LogP contribution is 2.23. The van der Waals surface area contributed by atoms with Gasteiger partial charge in [-0.05, 0) is 36.8 Å². The largest absolute Gasteiger partial charge is 0.497 e. The van der Waals surface area contributed by atoms with E-state index in [1.165, 1.54) is 0 Å². The second kappa shape index (κ2) is 11.7. The van der Waals surface area contributed by atoms with Crippen molar-refractivity contribution in [3.63, 3.8) is 0 Å². The minimum atomic E-state index is -0.334. The summed E-state index contributed by atoms with van der Waals surface area (Å²) in [5.41, 5.74) is 2.14. The van der Waals surface area contributed by atoms with E-state index in [1.54, 1.807) is 38.5 Å². The molecule has 1 amide bonds. The van der Waals surface area contributed by atoms with Gasteiger partial charge in [0.25, 0.3) is 5.91 Å². The minimum Gasteiger partial charge on any atom is -0.497 e. The molecule has 8 nitrogen and oxygen atoms in total. The molecule has 2 N–H and O–H groups in total. The Bertz CT molecular complexity index is 939. The molecular weight excluding hydrogens is 432 g/mol. The average Bonchev–Trinajstić information content (AvgIpc) is 2.81. The van der Waals surface area contributed by atoms with Gasteiger partial charge in [-0.15, -0.1) is 0 Å². The Morgan fingerprint density at radius 3 is 2.47 bits per heavy atom. The van der Waals surface area contributed by atoms with E-state index in [2.05, 4.69) is 20.5 Å².